The molecule has 0 unspecified atom stereocenters. The summed E-state index contributed by atoms with van der Waals surface area (Å²) in [5.74, 6) is -0.519. The SMILES string of the molecule is CCOC(=O)c1ncco1. The van der Waals surface area contributed by atoms with E-state index in [0.29, 0.717) is 6.61 Å². The molecule has 0 aliphatic rings. The number of ether oxygens (including phenoxy) is 1. The number of rotatable bonds is 2. The molecule has 1 aromatic heterocycles. The van der Waals surface area contributed by atoms with E-state index in [1.807, 2.05) is 0 Å². The predicted molar refractivity (Wildman–Crippen MR) is 32.5 cm³/mol. The van der Waals surface area contributed by atoms with Gasteiger partial charge in [0.05, 0.1) is 12.8 Å². The molecule has 1 aromatic rings. The molecule has 0 saturated carbocycles. The van der Waals surface area contributed by atoms with Crippen LogP contribution in [0, 0.1) is 0 Å². The van der Waals surface area contributed by atoms with Crippen molar-refractivity contribution in [1.29, 1.82) is 0 Å². The van der Waals surface area contributed by atoms with Crippen LogP contribution in [0.5, 0.6) is 0 Å². The van der Waals surface area contributed by atoms with E-state index in [1.165, 1.54) is 12.5 Å². The molecule has 0 amide bonds. The van der Waals surface area contributed by atoms with Gasteiger partial charge in [0.1, 0.15) is 6.26 Å². The third-order valence-electron chi connectivity index (χ3n) is 0.882. The normalized spacial score (nSPS) is 9.30. The van der Waals surface area contributed by atoms with Crippen molar-refractivity contribution in [1.82, 2.24) is 4.98 Å². The molecule has 4 heteroatoms. The highest BCUT2D eigenvalue weighted by Gasteiger charge is 2.09. The molecule has 0 fully saturated rings. The first-order valence-corrected chi connectivity index (χ1v) is 2.91. The molecule has 0 atom stereocenters. The maximum atomic E-state index is 10.7. The van der Waals surface area contributed by atoms with Gasteiger partial charge in [0.25, 0.3) is 0 Å². The molecule has 1 rings (SSSR count). The quantitative estimate of drug-likeness (QED) is 0.573. The van der Waals surface area contributed by atoms with Crippen LogP contribution in [0.3, 0.4) is 0 Å². The number of oxazole rings is 1. The highest BCUT2D eigenvalue weighted by molar-refractivity contribution is 5.83. The first kappa shape index (κ1) is 6.80. The summed E-state index contributed by atoms with van der Waals surface area (Å²) in [5.41, 5.74) is 0. The van der Waals surface area contributed by atoms with E-state index >= 15 is 0 Å². The van der Waals surface area contributed by atoms with Gasteiger partial charge in [-0.15, -0.1) is 0 Å². The largest absolute Gasteiger partial charge is 0.459 e. The summed E-state index contributed by atoms with van der Waals surface area (Å²) < 4.78 is 9.25. The zero-order valence-corrected chi connectivity index (χ0v) is 5.53. The Hall–Kier alpha value is -1.32. The minimum absolute atomic E-state index is 0.00171. The summed E-state index contributed by atoms with van der Waals surface area (Å²) in [4.78, 5) is 14.3. The fraction of sp³-hybridized carbons (Fsp3) is 0.333. The van der Waals surface area contributed by atoms with Crippen molar-refractivity contribution in [3.63, 3.8) is 0 Å². The van der Waals surface area contributed by atoms with Crippen LogP contribution in [0.15, 0.2) is 16.9 Å². The topological polar surface area (TPSA) is 52.3 Å². The summed E-state index contributed by atoms with van der Waals surface area (Å²) in [6.07, 6.45) is 2.72. The van der Waals surface area contributed by atoms with Crippen LogP contribution in [-0.4, -0.2) is 17.6 Å². The van der Waals surface area contributed by atoms with E-state index in [1.54, 1.807) is 6.92 Å². The molecule has 0 aliphatic heterocycles. The van der Waals surface area contributed by atoms with Crippen molar-refractivity contribution < 1.29 is 13.9 Å². The molecule has 54 valence electrons. The molecule has 0 aromatic carbocycles. The third kappa shape index (κ3) is 1.34. The minimum Gasteiger partial charge on any atom is -0.459 e. The summed E-state index contributed by atoms with van der Waals surface area (Å²) in [7, 11) is 0. The van der Waals surface area contributed by atoms with Crippen molar-refractivity contribution in [3.8, 4) is 0 Å². The third-order valence-corrected chi connectivity index (χ3v) is 0.882. The average molecular weight is 141 g/mol. The van der Waals surface area contributed by atoms with E-state index in [0.717, 1.165) is 0 Å². The number of nitrogens with zero attached hydrogens (tertiary/aromatic N) is 1. The average Bonchev–Trinajstić information content (AvgIpc) is 2.38. The first-order valence-electron chi connectivity index (χ1n) is 2.91. The second kappa shape index (κ2) is 3.00. The molecule has 10 heavy (non-hydrogen) atoms. The van der Waals surface area contributed by atoms with Crippen LogP contribution >= 0.6 is 0 Å². The van der Waals surface area contributed by atoms with Gasteiger partial charge in [-0.2, -0.15) is 0 Å². The van der Waals surface area contributed by atoms with E-state index < -0.39 is 5.97 Å². The van der Waals surface area contributed by atoms with Gasteiger partial charge in [0.2, 0.25) is 0 Å². The lowest BCUT2D eigenvalue weighted by Gasteiger charge is -1.93. The van der Waals surface area contributed by atoms with Gasteiger partial charge >= 0.3 is 11.9 Å². The van der Waals surface area contributed by atoms with Crippen LogP contribution in [0.25, 0.3) is 0 Å². The lowest BCUT2D eigenvalue weighted by atomic mass is 10.7. The number of aromatic nitrogens is 1. The fourth-order valence-electron chi connectivity index (χ4n) is 0.517. The monoisotopic (exact) mass is 141 g/mol. The summed E-state index contributed by atoms with van der Waals surface area (Å²) in [5, 5.41) is 0. The first-order chi connectivity index (χ1) is 4.84. The number of hydrogen-bond donors (Lipinski definition) is 0. The Morgan fingerprint density at radius 3 is 3.20 bits per heavy atom. The van der Waals surface area contributed by atoms with Crippen LogP contribution in [0.1, 0.15) is 17.6 Å². The number of carbonyl (C=O) groups is 1. The summed E-state index contributed by atoms with van der Waals surface area (Å²) in [6.45, 7) is 2.06. The van der Waals surface area contributed by atoms with Gasteiger partial charge in [-0.1, -0.05) is 0 Å². The Labute approximate surface area is 57.8 Å². The van der Waals surface area contributed by atoms with Crippen LogP contribution in [0.2, 0.25) is 0 Å². The highest BCUT2D eigenvalue weighted by atomic mass is 16.5. The van der Waals surface area contributed by atoms with Gasteiger partial charge < -0.3 is 9.15 Å². The molecular weight excluding hydrogens is 134 g/mol. The second-order valence-corrected chi connectivity index (χ2v) is 1.56. The van der Waals surface area contributed by atoms with E-state index in [4.69, 9.17) is 0 Å². The standard InChI is InChI=1S/C6H7NO3/c1-2-9-6(8)5-7-3-4-10-5/h3-4H,2H2,1H3. The molecule has 0 saturated heterocycles. The Balaban J connectivity index is 2.59. The van der Waals surface area contributed by atoms with Gasteiger partial charge in [-0.3, -0.25) is 0 Å². The maximum Gasteiger partial charge on any atom is 0.394 e. The van der Waals surface area contributed by atoms with Crippen LogP contribution < -0.4 is 0 Å². The molecular formula is C6H7NO3. The molecule has 1 heterocycles. The van der Waals surface area contributed by atoms with Gasteiger partial charge in [0, 0.05) is 0 Å². The highest BCUT2D eigenvalue weighted by Crippen LogP contribution is 1.96. The van der Waals surface area contributed by atoms with Gasteiger partial charge in [-0.25, -0.2) is 9.78 Å². The Bertz CT molecular complexity index is 205. The molecule has 4 nitrogen and oxygen atoms in total. The zero-order valence-electron chi connectivity index (χ0n) is 5.53. The molecule has 0 spiro atoms. The predicted octanol–water partition coefficient (Wildman–Crippen LogP) is 0.851. The molecule has 0 aliphatic carbocycles. The van der Waals surface area contributed by atoms with Crippen molar-refractivity contribution in [2.45, 2.75) is 6.92 Å². The van der Waals surface area contributed by atoms with Crippen molar-refractivity contribution in [3.05, 3.63) is 18.4 Å². The summed E-state index contributed by atoms with van der Waals surface area (Å²) >= 11 is 0. The van der Waals surface area contributed by atoms with Gasteiger partial charge in [-0.05, 0) is 6.92 Å². The zero-order chi connectivity index (χ0) is 7.40. The van der Waals surface area contributed by atoms with Crippen molar-refractivity contribution in [2.75, 3.05) is 6.61 Å². The molecule has 0 bridgehead atoms. The maximum absolute atomic E-state index is 10.7. The van der Waals surface area contributed by atoms with Crippen molar-refractivity contribution in [2.24, 2.45) is 0 Å². The smallest absolute Gasteiger partial charge is 0.394 e. The summed E-state index contributed by atoms with van der Waals surface area (Å²) in [6, 6.07) is 0. The Kier molecular flexibility index (Phi) is 2.04. The Morgan fingerprint density at radius 1 is 1.90 bits per heavy atom. The second-order valence-electron chi connectivity index (χ2n) is 1.56. The van der Waals surface area contributed by atoms with Crippen LogP contribution in [0.4, 0.5) is 0 Å². The number of carbonyl (C=O) groups excluding carboxylic acids is 1. The van der Waals surface area contributed by atoms with Gasteiger partial charge in [0.15, 0.2) is 0 Å². The number of hydrogen-bond acceptors (Lipinski definition) is 4. The van der Waals surface area contributed by atoms with E-state index in [2.05, 4.69) is 14.1 Å². The number of esters is 1. The molecule has 0 N–H and O–H groups in total. The van der Waals surface area contributed by atoms with Crippen molar-refractivity contribution >= 4 is 5.97 Å². The van der Waals surface area contributed by atoms with E-state index in [-0.39, 0.29) is 5.89 Å². The minimum atomic E-state index is -0.521. The molecule has 0 radical (unpaired) electrons. The lowest BCUT2D eigenvalue weighted by molar-refractivity contribution is 0.0481. The van der Waals surface area contributed by atoms with E-state index in [9.17, 15) is 4.79 Å². The fourth-order valence-corrected chi connectivity index (χ4v) is 0.517. The van der Waals surface area contributed by atoms with Crippen LogP contribution in [-0.2, 0) is 4.74 Å². The Morgan fingerprint density at radius 2 is 2.70 bits per heavy atom. The lowest BCUT2D eigenvalue weighted by Crippen LogP contribution is -2.04.